The number of piperidine rings is 1. The van der Waals surface area contributed by atoms with Gasteiger partial charge < -0.3 is 19.6 Å². The van der Waals surface area contributed by atoms with Crippen molar-refractivity contribution in [3.63, 3.8) is 0 Å². The fourth-order valence-corrected chi connectivity index (χ4v) is 5.74. The lowest BCUT2D eigenvalue weighted by Crippen LogP contribution is -2.57. The Bertz CT molecular complexity index is 1360. The molecule has 0 unspecified atom stereocenters. The van der Waals surface area contributed by atoms with Gasteiger partial charge in [-0.15, -0.1) is 0 Å². The topological polar surface area (TPSA) is 64.2 Å². The highest BCUT2D eigenvalue weighted by atomic mass is 35.5. The molecule has 202 valence electrons. The van der Waals surface area contributed by atoms with Gasteiger partial charge >= 0.3 is 0 Å². The van der Waals surface area contributed by atoms with Crippen molar-refractivity contribution in [2.45, 2.75) is 24.9 Å². The Kier molecular flexibility index (Phi) is 7.82. The normalized spacial score (nSPS) is 16.6. The van der Waals surface area contributed by atoms with Crippen LogP contribution in [0.15, 0.2) is 78.9 Å². The van der Waals surface area contributed by atoms with Gasteiger partial charge in [0.15, 0.2) is 0 Å². The molecule has 2 fully saturated rings. The predicted molar refractivity (Wildman–Crippen MR) is 153 cm³/mol. The summed E-state index contributed by atoms with van der Waals surface area (Å²) >= 11 is 12.2. The third kappa shape index (κ3) is 5.47. The number of nitrogens with zero attached hydrogens (tertiary/aromatic N) is 4. The Morgan fingerprint density at radius 1 is 0.897 bits per heavy atom. The van der Waals surface area contributed by atoms with Crippen molar-refractivity contribution >= 4 is 46.6 Å². The van der Waals surface area contributed by atoms with E-state index in [0.29, 0.717) is 54.8 Å². The Hall–Kier alpha value is -3.55. The van der Waals surface area contributed by atoms with Crippen LogP contribution in [-0.4, -0.2) is 71.3 Å². The zero-order valence-corrected chi connectivity index (χ0v) is 23.2. The lowest BCUT2D eigenvalue weighted by Gasteiger charge is -2.43. The van der Waals surface area contributed by atoms with Crippen molar-refractivity contribution < 1.29 is 14.4 Å². The molecule has 5 rings (SSSR count). The molecule has 9 heteroatoms. The molecule has 0 bridgehead atoms. The number of anilines is 1. The average Bonchev–Trinajstić information content (AvgIpc) is 3.21. The van der Waals surface area contributed by atoms with E-state index in [1.54, 1.807) is 39.9 Å². The molecule has 39 heavy (non-hydrogen) atoms. The van der Waals surface area contributed by atoms with E-state index in [0.717, 1.165) is 11.3 Å². The Labute approximate surface area is 238 Å². The first-order valence-electron chi connectivity index (χ1n) is 12.9. The van der Waals surface area contributed by atoms with Crippen molar-refractivity contribution in [3.8, 4) is 0 Å². The Balaban J connectivity index is 1.33. The van der Waals surface area contributed by atoms with Crippen molar-refractivity contribution in [1.29, 1.82) is 0 Å². The number of carbonyl (C=O) groups excluding carboxylic acids is 3. The van der Waals surface area contributed by atoms with E-state index >= 15 is 0 Å². The third-order valence-electron chi connectivity index (χ3n) is 7.64. The average molecular weight is 566 g/mol. The minimum Gasteiger partial charge on any atom is -0.340 e. The predicted octanol–water partition coefficient (Wildman–Crippen LogP) is 4.93. The number of hydrogen-bond acceptors (Lipinski definition) is 4. The highest BCUT2D eigenvalue weighted by Crippen LogP contribution is 2.40. The summed E-state index contributed by atoms with van der Waals surface area (Å²) in [6, 6.07) is 24.4. The molecule has 0 atom stereocenters. The summed E-state index contributed by atoms with van der Waals surface area (Å²) in [5.41, 5.74) is 1.59. The summed E-state index contributed by atoms with van der Waals surface area (Å²) in [6.45, 7) is 1.60. The zero-order chi connectivity index (χ0) is 27.6. The van der Waals surface area contributed by atoms with Gasteiger partial charge in [-0.2, -0.15) is 0 Å². The van der Waals surface area contributed by atoms with Crippen LogP contribution in [0.5, 0.6) is 0 Å². The minimum absolute atomic E-state index is 0.000824. The number of para-hydroxylation sites is 1. The summed E-state index contributed by atoms with van der Waals surface area (Å²) in [6.07, 6.45) is 0.913. The van der Waals surface area contributed by atoms with Crippen LogP contribution in [-0.2, 0) is 16.1 Å². The van der Waals surface area contributed by atoms with Gasteiger partial charge in [0.2, 0.25) is 5.91 Å². The summed E-state index contributed by atoms with van der Waals surface area (Å²) in [5.74, 6) is -0.339. The second-order valence-corrected chi connectivity index (χ2v) is 10.9. The first kappa shape index (κ1) is 27.0. The number of halogens is 2. The van der Waals surface area contributed by atoms with Crippen LogP contribution < -0.4 is 4.90 Å². The van der Waals surface area contributed by atoms with Gasteiger partial charge in [-0.3, -0.25) is 14.4 Å². The zero-order valence-electron chi connectivity index (χ0n) is 21.7. The highest BCUT2D eigenvalue weighted by molar-refractivity contribution is 6.42. The molecular formula is C30H30Cl2N4O3. The molecule has 0 aromatic heterocycles. The first-order valence-corrected chi connectivity index (χ1v) is 13.7. The molecular weight excluding hydrogens is 535 g/mol. The molecule has 2 heterocycles. The second-order valence-electron chi connectivity index (χ2n) is 10.1. The van der Waals surface area contributed by atoms with Crippen LogP contribution in [0.25, 0.3) is 0 Å². The van der Waals surface area contributed by atoms with Crippen molar-refractivity contribution in [2.75, 3.05) is 38.3 Å². The number of likely N-dealkylation sites (N-methyl/N-ethyl adjacent to an activating group) is 1. The van der Waals surface area contributed by atoms with E-state index < -0.39 is 5.54 Å². The molecule has 3 aromatic rings. The number of rotatable bonds is 6. The lowest BCUT2D eigenvalue weighted by atomic mass is 9.85. The van der Waals surface area contributed by atoms with Crippen LogP contribution in [0.1, 0.15) is 28.8 Å². The third-order valence-corrected chi connectivity index (χ3v) is 8.38. The van der Waals surface area contributed by atoms with Gasteiger partial charge in [0, 0.05) is 37.9 Å². The molecule has 2 saturated heterocycles. The van der Waals surface area contributed by atoms with E-state index in [1.165, 1.54) is 0 Å². The lowest BCUT2D eigenvalue weighted by molar-refractivity contribution is -0.140. The van der Waals surface area contributed by atoms with Gasteiger partial charge in [0.05, 0.1) is 16.7 Å². The fourth-order valence-electron chi connectivity index (χ4n) is 5.44. The first-order chi connectivity index (χ1) is 18.8. The minimum atomic E-state index is -0.825. The van der Waals surface area contributed by atoms with Gasteiger partial charge in [-0.1, -0.05) is 71.7 Å². The molecule has 0 N–H and O–H groups in total. The molecule has 1 spiro atoms. The van der Waals surface area contributed by atoms with E-state index in [4.69, 9.17) is 23.2 Å². The monoisotopic (exact) mass is 564 g/mol. The summed E-state index contributed by atoms with van der Waals surface area (Å²) in [7, 11) is 1.76. The van der Waals surface area contributed by atoms with Crippen molar-refractivity contribution in [2.24, 2.45) is 0 Å². The molecule has 7 nitrogen and oxygen atoms in total. The van der Waals surface area contributed by atoms with E-state index in [2.05, 4.69) is 4.90 Å². The molecule has 3 aromatic carbocycles. The Morgan fingerprint density at radius 3 is 2.18 bits per heavy atom. The quantitative estimate of drug-likeness (QED) is 0.425. The van der Waals surface area contributed by atoms with Crippen LogP contribution in [0.4, 0.5) is 5.69 Å². The maximum absolute atomic E-state index is 14.0. The van der Waals surface area contributed by atoms with Gasteiger partial charge in [-0.05, 0) is 48.7 Å². The molecule has 0 aliphatic carbocycles. The fraction of sp³-hybridized carbons (Fsp3) is 0.300. The highest BCUT2D eigenvalue weighted by Gasteiger charge is 2.54. The largest absolute Gasteiger partial charge is 0.340 e. The van der Waals surface area contributed by atoms with Crippen LogP contribution >= 0.6 is 23.2 Å². The maximum Gasteiger partial charge on any atom is 0.253 e. The molecule has 0 saturated carbocycles. The summed E-state index contributed by atoms with van der Waals surface area (Å²) in [5, 5.41) is 0.722. The standard InChI is InChI=1S/C30H30Cl2N4O3/c1-33(19-22-8-4-2-5-9-22)27(37)20-35-21-36(24-10-6-3-7-11-24)30(29(35)39)14-16-34(17-15-30)28(38)23-12-13-25(31)26(32)18-23/h2-13,18H,14-17,19-21H2,1H3. The van der Waals surface area contributed by atoms with E-state index in [9.17, 15) is 14.4 Å². The van der Waals surface area contributed by atoms with Crippen molar-refractivity contribution in [3.05, 3.63) is 100 Å². The van der Waals surface area contributed by atoms with Gasteiger partial charge in [0.1, 0.15) is 12.1 Å². The summed E-state index contributed by atoms with van der Waals surface area (Å²) < 4.78 is 0. The molecule has 2 aliphatic heterocycles. The number of amides is 3. The van der Waals surface area contributed by atoms with Gasteiger partial charge in [0.25, 0.3) is 11.8 Å². The number of hydrogen-bond donors (Lipinski definition) is 0. The van der Waals surface area contributed by atoms with Crippen LogP contribution in [0, 0.1) is 0 Å². The Morgan fingerprint density at radius 2 is 1.54 bits per heavy atom. The number of likely N-dealkylation sites (tertiary alicyclic amines) is 1. The smallest absolute Gasteiger partial charge is 0.253 e. The van der Waals surface area contributed by atoms with Crippen LogP contribution in [0.2, 0.25) is 10.0 Å². The van der Waals surface area contributed by atoms with Crippen molar-refractivity contribution in [1.82, 2.24) is 14.7 Å². The second kappa shape index (κ2) is 11.3. The number of carbonyl (C=O) groups is 3. The molecule has 0 radical (unpaired) electrons. The van der Waals surface area contributed by atoms with Gasteiger partial charge in [-0.25, -0.2) is 0 Å². The summed E-state index contributed by atoms with van der Waals surface area (Å²) in [4.78, 5) is 47.5. The van der Waals surface area contributed by atoms with Crippen LogP contribution in [0.3, 0.4) is 0 Å². The number of benzene rings is 3. The van der Waals surface area contributed by atoms with E-state index in [-0.39, 0.29) is 24.3 Å². The molecule has 2 aliphatic rings. The molecule has 3 amide bonds. The SMILES string of the molecule is CN(Cc1ccccc1)C(=O)CN1CN(c2ccccc2)C2(CCN(C(=O)c3ccc(Cl)c(Cl)c3)CC2)C1=O. The maximum atomic E-state index is 14.0. The van der Waals surface area contributed by atoms with E-state index in [1.807, 2.05) is 60.7 Å².